The van der Waals surface area contributed by atoms with Crippen LogP contribution in [0.5, 0.6) is 0 Å². The molecule has 1 heterocycles. The average Bonchev–Trinajstić information content (AvgIpc) is 3.17. The normalized spacial score (nSPS) is 11.3. The van der Waals surface area contributed by atoms with Gasteiger partial charge < -0.3 is 19.4 Å². The fraction of sp³-hybridized carbons (Fsp3) is 0.417. The molecule has 3 rings (SSSR count). The largest absolute Gasteiger partial charge is 0.445 e. The summed E-state index contributed by atoms with van der Waals surface area (Å²) < 4.78 is 13.3. The lowest BCUT2D eigenvalue weighted by Gasteiger charge is -2.16. The van der Waals surface area contributed by atoms with E-state index in [-0.39, 0.29) is 13.2 Å². The van der Waals surface area contributed by atoms with Gasteiger partial charge in [-0.2, -0.15) is 0 Å². The predicted octanol–water partition coefficient (Wildman–Crippen LogP) is 5.63. The van der Waals surface area contributed by atoms with Crippen molar-refractivity contribution in [3.05, 3.63) is 75.9 Å². The van der Waals surface area contributed by atoms with E-state index in [4.69, 9.17) is 20.0 Å². The van der Waals surface area contributed by atoms with Gasteiger partial charge in [-0.1, -0.05) is 67.2 Å². The number of para-hydroxylation sites is 1. The number of azide groups is 1. The number of alkyl carbamates (subject to hydrolysis) is 1. The molecule has 1 amide bonds. The SMILES string of the molecule is C[Si](C)(C)CCOCn1c(CNC(=O)OCc2ccccc2)nc2c(CCN=[N+]=[N-])cccc21. The minimum Gasteiger partial charge on any atom is -0.445 e. The molecule has 0 atom stereocenters. The molecule has 0 aliphatic heterocycles. The quantitative estimate of drug-likeness (QED) is 0.119. The molecular formula is C24H32N6O3Si. The van der Waals surface area contributed by atoms with Gasteiger partial charge in [-0.15, -0.1) is 0 Å². The Kier molecular flexibility index (Phi) is 9.09. The number of carbonyl (C=O) groups is 1. The third-order valence-electron chi connectivity index (χ3n) is 5.31. The third kappa shape index (κ3) is 7.62. The number of carbonyl (C=O) groups excluding carboxylic acids is 1. The molecule has 180 valence electrons. The van der Waals surface area contributed by atoms with Crippen LogP contribution in [0.1, 0.15) is 17.0 Å². The Balaban J connectivity index is 1.73. The van der Waals surface area contributed by atoms with Crippen molar-refractivity contribution in [1.29, 1.82) is 0 Å². The highest BCUT2D eigenvalue weighted by molar-refractivity contribution is 6.76. The number of hydrogen-bond donors (Lipinski definition) is 1. The topological polar surface area (TPSA) is 114 Å². The molecule has 0 bridgehead atoms. The Morgan fingerprint density at radius 2 is 1.97 bits per heavy atom. The summed E-state index contributed by atoms with van der Waals surface area (Å²) in [6, 6.07) is 16.5. The van der Waals surface area contributed by atoms with Gasteiger partial charge in [0.2, 0.25) is 0 Å². The molecule has 1 N–H and O–H groups in total. The van der Waals surface area contributed by atoms with Crippen LogP contribution in [-0.4, -0.2) is 36.9 Å². The molecule has 0 aliphatic rings. The molecule has 0 saturated carbocycles. The minimum atomic E-state index is -1.20. The van der Waals surface area contributed by atoms with Gasteiger partial charge in [-0.3, -0.25) is 0 Å². The van der Waals surface area contributed by atoms with E-state index >= 15 is 0 Å². The molecule has 3 aromatic rings. The third-order valence-corrected chi connectivity index (χ3v) is 7.01. The van der Waals surface area contributed by atoms with Gasteiger partial charge in [0.1, 0.15) is 19.2 Å². The summed E-state index contributed by atoms with van der Waals surface area (Å²) in [7, 11) is -1.20. The number of imidazole rings is 1. The smallest absolute Gasteiger partial charge is 0.407 e. The summed E-state index contributed by atoms with van der Waals surface area (Å²) in [6.07, 6.45) is 0.0756. The van der Waals surface area contributed by atoms with Crippen LogP contribution in [0.2, 0.25) is 25.7 Å². The maximum absolute atomic E-state index is 12.3. The zero-order chi connectivity index (χ0) is 24.4. The van der Waals surface area contributed by atoms with Crippen molar-refractivity contribution in [3.8, 4) is 0 Å². The van der Waals surface area contributed by atoms with Crippen LogP contribution >= 0.6 is 0 Å². The molecular weight excluding hydrogens is 448 g/mol. The van der Waals surface area contributed by atoms with Crippen molar-refractivity contribution in [1.82, 2.24) is 14.9 Å². The number of ether oxygens (including phenoxy) is 2. The maximum atomic E-state index is 12.3. The first kappa shape index (κ1) is 25.3. The first-order valence-electron chi connectivity index (χ1n) is 11.4. The number of nitrogens with zero attached hydrogens (tertiary/aromatic N) is 5. The number of fused-ring (bicyclic) bond motifs is 1. The number of hydrogen-bond acceptors (Lipinski definition) is 5. The molecule has 0 spiro atoms. The second-order valence-electron chi connectivity index (χ2n) is 9.21. The highest BCUT2D eigenvalue weighted by atomic mass is 28.3. The van der Waals surface area contributed by atoms with Crippen molar-refractivity contribution >= 4 is 25.2 Å². The lowest BCUT2D eigenvalue weighted by molar-refractivity contribution is 0.0873. The van der Waals surface area contributed by atoms with Crippen molar-refractivity contribution in [3.63, 3.8) is 0 Å². The van der Waals surface area contributed by atoms with Crippen molar-refractivity contribution in [2.45, 2.75) is 52.0 Å². The highest BCUT2D eigenvalue weighted by Crippen LogP contribution is 2.22. The Morgan fingerprint density at radius 3 is 2.71 bits per heavy atom. The summed E-state index contributed by atoms with van der Waals surface area (Å²) in [5, 5.41) is 6.44. The van der Waals surface area contributed by atoms with E-state index in [1.165, 1.54) is 0 Å². The summed E-state index contributed by atoms with van der Waals surface area (Å²) in [4.78, 5) is 19.9. The Morgan fingerprint density at radius 1 is 1.18 bits per heavy atom. The molecule has 0 saturated heterocycles. The molecule has 0 aliphatic carbocycles. The van der Waals surface area contributed by atoms with Crippen LogP contribution in [0.25, 0.3) is 21.5 Å². The van der Waals surface area contributed by atoms with E-state index < -0.39 is 14.2 Å². The van der Waals surface area contributed by atoms with Gasteiger partial charge in [0.25, 0.3) is 0 Å². The molecule has 10 heteroatoms. The van der Waals surface area contributed by atoms with Gasteiger partial charge >= 0.3 is 6.09 Å². The van der Waals surface area contributed by atoms with Crippen LogP contribution in [0.3, 0.4) is 0 Å². The van der Waals surface area contributed by atoms with E-state index in [1.807, 2.05) is 53.1 Å². The van der Waals surface area contributed by atoms with Crippen LogP contribution in [0.15, 0.2) is 53.6 Å². The number of benzene rings is 2. The Hall–Kier alpha value is -3.33. The van der Waals surface area contributed by atoms with E-state index in [0.717, 1.165) is 28.2 Å². The average molecular weight is 481 g/mol. The fourth-order valence-electron chi connectivity index (χ4n) is 3.41. The van der Waals surface area contributed by atoms with Crippen LogP contribution in [0.4, 0.5) is 4.79 Å². The number of aromatic nitrogens is 2. The lowest BCUT2D eigenvalue weighted by atomic mass is 10.1. The number of rotatable bonds is 12. The standard InChI is InChI=1S/C24H32N6O3Si/c1-34(2,3)15-14-32-18-30-21-11-7-10-20(12-13-27-29-25)23(21)28-22(30)16-26-24(31)33-17-19-8-5-4-6-9-19/h4-11H,12-18H2,1-3H3,(H,26,31). The minimum absolute atomic E-state index is 0.201. The van der Waals surface area contributed by atoms with E-state index in [2.05, 4.69) is 35.0 Å². The molecule has 34 heavy (non-hydrogen) atoms. The van der Waals surface area contributed by atoms with Crippen molar-refractivity contribution in [2.75, 3.05) is 13.2 Å². The number of nitrogens with one attached hydrogen (secondary N) is 1. The van der Waals surface area contributed by atoms with Gasteiger partial charge in [0, 0.05) is 26.1 Å². The monoisotopic (exact) mass is 480 g/mol. The zero-order valence-electron chi connectivity index (χ0n) is 20.0. The molecule has 0 unspecified atom stereocenters. The van der Waals surface area contributed by atoms with E-state index in [0.29, 0.717) is 32.1 Å². The molecule has 2 aromatic carbocycles. The van der Waals surface area contributed by atoms with Gasteiger partial charge in [-0.05, 0) is 35.2 Å². The van der Waals surface area contributed by atoms with Crippen LogP contribution in [0, 0.1) is 0 Å². The number of amides is 1. The van der Waals surface area contributed by atoms with Gasteiger partial charge in [0.15, 0.2) is 0 Å². The van der Waals surface area contributed by atoms with Crippen molar-refractivity contribution in [2.24, 2.45) is 5.11 Å². The van der Waals surface area contributed by atoms with Crippen LogP contribution < -0.4 is 5.32 Å². The predicted molar refractivity (Wildman–Crippen MR) is 135 cm³/mol. The summed E-state index contributed by atoms with van der Waals surface area (Å²) in [5.74, 6) is 0.677. The zero-order valence-corrected chi connectivity index (χ0v) is 21.0. The molecule has 9 nitrogen and oxygen atoms in total. The first-order valence-corrected chi connectivity index (χ1v) is 15.1. The molecule has 0 fully saturated rings. The first-order chi connectivity index (χ1) is 16.4. The highest BCUT2D eigenvalue weighted by Gasteiger charge is 2.16. The van der Waals surface area contributed by atoms with Gasteiger partial charge in [0.05, 0.1) is 17.6 Å². The van der Waals surface area contributed by atoms with E-state index in [9.17, 15) is 4.79 Å². The molecule has 1 aromatic heterocycles. The maximum Gasteiger partial charge on any atom is 0.407 e. The Labute approximate surface area is 200 Å². The fourth-order valence-corrected chi connectivity index (χ4v) is 4.17. The van der Waals surface area contributed by atoms with Gasteiger partial charge in [-0.25, -0.2) is 9.78 Å². The second-order valence-corrected chi connectivity index (χ2v) is 14.8. The van der Waals surface area contributed by atoms with Crippen LogP contribution in [-0.2, 0) is 35.8 Å². The summed E-state index contributed by atoms with van der Waals surface area (Å²) >= 11 is 0. The summed E-state index contributed by atoms with van der Waals surface area (Å²) in [5.41, 5.74) is 12.2. The lowest BCUT2D eigenvalue weighted by Crippen LogP contribution is -2.26. The Bertz CT molecular complexity index is 1140. The summed E-state index contributed by atoms with van der Waals surface area (Å²) in [6.45, 7) is 8.73. The molecule has 0 radical (unpaired) electrons. The second kappa shape index (κ2) is 12.2. The van der Waals surface area contributed by atoms with E-state index in [1.54, 1.807) is 0 Å². The van der Waals surface area contributed by atoms with Crippen molar-refractivity contribution < 1.29 is 14.3 Å².